The molecule has 0 spiro atoms. The molecular weight excluding hydrogens is 1410 g/mol. The van der Waals surface area contributed by atoms with Crippen molar-refractivity contribution in [3.05, 3.63) is 0 Å². The van der Waals surface area contributed by atoms with Crippen molar-refractivity contribution >= 4 is 39.5 Å². The van der Waals surface area contributed by atoms with Gasteiger partial charge in [-0.1, -0.05) is 433 Å². The normalized spacial score (nSPS) is 14.0. The quantitative estimate of drug-likeness (QED) is 0.0222. The number of carbonyl (C=O) groups excluding carboxylic acids is 4. The Labute approximate surface area is 670 Å². The highest BCUT2D eigenvalue weighted by Crippen LogP contribution is 2.45. The summed E-state index contributed by atoms with van der Waals surface area (Å²) in [5, 5.41) is 10.7. The molecule has 3 N–H and O–H groups in total. The molecule has 109 heavy (non-hydrogen) atoms. The molecule has 0 saturated heterocycles. The summed E-state index contributed by atoms with van der Waals surface area (Å²) in [6, 6.07) is 0. The van der Waals surface area contributed by atoms with Crippen LogP contribution in [-0.2, 0) is 65.4 Å². The van der Waals surface area contributed by atoms with Gasteiger partial charge in [0.1, 0.15) is 19.3 Å². The fourth-order valence-electron chi connectivity index (χ4n) is 14.1. The minimum absolute atomic E-state index is 0.108. The number of phosphoric acid groups is 2. The van der Waals surface area contributed by atoms with Gasteiger partial charge >= 0.3 is 39.5 Å². The molecule has 19 heteroatoms. The summed E-state index contributed by atoms with van der Waals surface area (Å²) < 4.78 is 69.0. The Morgan fingerprint density at radius 1 is 0.266 bits per heavy atom. The smallest absolute Gasteiger partial charge is 0.462 e. The molecule has 0 aliphatic heterocycles. The van der Waals surface area contributed by atoms with Crippen LogP contribution in [0.5, 0.6) is 0 Å². The zero-order chi connectivity index (χ0) is 79.9. The van der Waals surface area contributed by atoms with Crippen LogP contribution in [-0.4, -0.2) is 96.7 Å². The summed E-state index contributed by atoms with van der Waals surface area (Å²) in [5.41, 5.74) is 0. The molecule has 0 amide bonds. The molecule has 0 aromatic carbocycles. The van der Waals surface area contributed by atoms with Crippen molar-refractivity contribution < 1.29 is 80.2 Å². The van der Waals surface area contributed by atoms with E-state index in [2.05, 4.69) is 41.5 Å². The Morgan fingerprint density at radius 2 is 0.468 bits per heavy atom. The fraction of sp³-hybridized carbons (Fsp3) is 0.956. The number of ether oxygens (including phenoxy) is 4. The Hall–Kier alpha value is -1.94. The molecule has 17 nitrogen and oxygen atoms in total. The number of unbranched alkanes of at least 4 members (excludes halogenated alkanes) is 58. The van der Waals surface area contributed by atoms with Crippen LogP contribution in [0, 0.1) is 11.8 Å². The average Bonchev–Trinajstić information content (AvgIpc) is 0.900. The van der Waals surface area contributed by atoms with Crippen molar-refractivity contribution in [2.45, 2.75) is 503 Å². The van der Waals surface area contributed by atoms with Crippen molar-refractivity contribution in [2.24, 2.45) is 11.8 Å². The van der Waals surface area contributed by atoms with E-state index in [1.165, 1.54) is 302 Å². The molecule has 0 aliphatic carbocycles. The largest absolute Gasteiger partial charge is 0.472 e. The Kier molecular flexibility index (Phi) is 79.8. The van der Waals surface area contributed by atoms with Gasteiger partial charge in [-0.15, -0.1) is 0 Å². The van der Waals surface area contributed by atoms with Crippen molar-refractivity contribution in [3.63, 3.8) is 0 Å². The standard InChI is InChI=1S/C90H176O17P2/c1-7-10-12-14-16-18-20-21-22-23-24-25-29-32-38-43-49-55-61-67-73-88(93)101-79-86(107-89(94)74-68-62-56-50-44-39-33-30-27-26-28-31-37-42-47-53-59-65-71-83(6)9-3)81-105-109(98,99)103-77-84(91)76-102-108(96,97)104-80-85(78-100-87(92)72-66-60-54-48-19-17-15-13-11-8-2)106-90(95)75-69-63-57-51-45-40-35-34-36-41-46-52-58-64-70-82(4)5/h82-86,91H,7-81H2,1-6H3,(H,96,97)(H,98,99)/t83?,84-,85+,86+/m0/s1. The second kappa shape index (κ2) is 81.2. The van der Waals surface area contributed by atoms with Crippen LogP contribution in [0.3, 0.4) is 0 Å². The van der Waals surface area contributed by atoms with E-state index < -0.39 is 97.5 Å². The third-order valence-electron chi connectivity index (χ3n) is 21.6. The van der Waals surface area contributed by atoms with Gasteiger partial charge in [0.25, 0.3) is 0 Å². The Morgan fingerprint density at radius 3 is 0.697 bits per heavy atom. The fourth-order valence-corrected chi connectivity index (χ4v) is 15.7. The van der Waals surface area contributed by atoms with Crippen molar-refractivity contribution in [3.8, 4) is 0 Å². The molecule has 0 aromatic rings. The third kappa shape index (κ3) is 82.4. The minimum Gasteiger partial charge on any atom is -0.462 e. The minimum atomic E-state index is -4.97. The van der Waals surface area contributed by atoms with Gasteiger partial charge in [-0.25, -0.2) is 9.13 Å². The number of esters is 4. The molecule has 0 rings (SSSR count). The molecule has 648 valence electrons. The SMILES string of the molecule is CCCCCCCCCCCCCCCCCCCCCCC(=O)OC[C@H](COP(=O)(O)OC[C@@H](O)COP(=O)(O)OC[C@@H](COC(=O)CCCCCCCCCCCC)OC(=O)CCCCCCCCCCCCCCCCC(C)C)OC(=O)CCCCCCCCCCCCCCCCCCCCC(C)CC. The molecule has 0 aliphatic rings. The number of rotatable bonds is 89. The van der Waals surface area contributed by atoms with Gasteiger partial charge in [0, 0.05) is 25.7 Å². The molecule has 0 bridgehead atoms. The van der Waals surface area contributed by atoms with E-state index in [1.807, 2.05) is 0 Å². The molecular formula is C90H176O17P2. The predicted octanol–water partition coefficient (Wildman–Crippen LogP) is 27.8. The van der Waals surface area contributed by atoms with E-state index in [9.17, 15) is 43.2 Å². The van der Waals surface area contributed by atoms with E-state index in [1.54, 1.807) is 0 Å². The van der Waals surface area contributed by atoms with Crippen LogP contribution in [0.15, 0.2) is 0 Å². The van der Waals surface area contributed by atoms with Crippen LogP contribution < -0.4 is 0 Å². The van der Waals surface area contributed by atoms with Crippen LogP contribution >= 0.6 is 15.6 Å². The van der Waals surface area contributed by atoms with Crippen LogP contribution in [0.4, 0.5) is 0 Å². The first-order valence-electron chi connectivity index (χ1n) is 46.5. The molecule has 3 unspecified atom stereocenters. The van der Waals surface area contributed by atoms with E-state index in [-0.39, 0.29) is 25.7 Å². The van der Waals surface area contributed by atoms with Crippen LogP contribution in [0.25, 0.3) is 0 Å². The summed E-state index contributed by atoms with van der Waals surface area (Å²) >= 11 is 0. The molecule has 0 heterocycles. The number of hydrogen-bond donors (Lipinski definition) is 3. The summed E-state index contributed by atoms with van der Waals surface area (Å²) in [7, 11) is -9.93. The zero-order valence-electron chi connectivity index (χ0n) is 71.9. The van der Waals surface area contributed by atoms with Gasteiger partial charge in [0.2, 0.25) is 0 Å². The second-order valence-corrected chi connectivity index (χ2v) is 36.0. The van der Waals surface area contributed by atoms with E-state index in [0.29, 0.717) is 25.7 Å². The highest BCUT2D eigenvalue weighted by atomic mass is 31.2. The Bertz CT molecular complexity index is 2080. The van der Waals surface area contributed by atoms with E-state index in [0.717, 1.165) is 102 Å². The average molecular weight is 1590 g/mol. The maximum atomic E-state index is 13.2. The maximum Gasteiger partial charge on any atom is 0.472 e. The van der Waals surface area contributed by atoms with Crippen LogP contribution in [0.2, 0.25) is 0 Å². The first-order chi connectivity index (χ1) is 52.9. The van der Waals surface area contributed by atoms with Crippen molar-refractivity contribution in [2.75, 3.05) is 39.6 Å². The highest BCUT2D eigenvalue weighted by Gasteiger charge is 2.31. The number of aliphatic hydroxyl groups excluding tert-OH is 1. The van der Waals surface area contributed by atoms with E-state index >= 15 is 0 Å². The summed E-state index contributed by atoms with van der Waals surface area (Å²) in [6.07, 6.45) is 75.0. The molecule has 0 fully saturated rings. The number of hydrogen-bond acceptors (Lipinski definition) is 15. The van der Waals surface area contributed by atoms with Gasteiger partial charge < -0.3 is 33.8 Å². The number of aliphatic hydroxyl groups is 1. The van der Waals surface area contributed by atoms with Crippen molar-refractivity contribution in [1.82, 2.24) is 0 Å². The molecule has 0 saturated carbocycles. The lowest BCUT2D eigenvalue weighted by Gasteiger charge is -2.21. The topological polar surface area (TPSA) is 237 Å². The maximum absolute atomic E-state index is 13.2. The first kappa shape index (κ1) is 107. The van der Waals surface area contributed by atoms with Crippen molar-refractivity contribution in [1.29, 1.82) is 0 Å². The number of phosphoric ester groups is 2. The first-order valence-corrected chi connectivity index (χ1v) is 49.5. The predicted molar refractivity (Wildman–Crippen MR) is 451 cm³/mol. The van der Waals surface area contributed by atoms with Gasteiger partial charge in [0.15, 0.2) is 12.2 Å². The molecule has 0 aromatic heterocycles. The summed E-state index contributed by atoms with van der Waals surface area (Å²) in [6.45, 7) is 9.77. The lowest BCUT2D eigenvalue weighted by molar-refractivity contribution is -0.161. The molecule has 6 atom stereocenters. The molecule has 0 radical (unpaired) electrons. The summed E-state index contributed by atoms with van der Waals surface area (Å²) in [4.78, 5) is 73.3. The lowest BCUT2D eigenvalue weighted by atomic mass is 9.99. The highest BCUT2D eigenvalue weighted by molar-refractivity contribution is 7.47. The van der Waals surface area contributed by atoms with Gasteiger partial charge in [-0.05, 0) is 37.5 Å². The van der Waals surface area contributed by atoms with E-state index in [4.69, 9.17) is 37.0 Å². The number of carbonyl (C=O) groups is 4. The monoisotopic (exact) mass is 1590 g/mol. The van der Waals surface area contributed by atoms with Crippen LogP contribution in [0.1, 0.15) is 485 Å². The second-order valence-electron chi connectivity index (χ2n) is 33.1. The lowest BCUT2D eigenvalue weighted by Crippen LogP contribution is -2.30. The van der Waals surface area contributed by atoms with Gasteiger partial charge in [0.05, 0.1) is 26.4 Å². The summed E-state index contributed by atoms with van der Waals surface area (Å²) in [5.74, 6) is -0.431. The third-order valence-corrected chi connectivity index (χ3v) is 23.5. The Balaban J connectivity index is 5.22. The van der Waals surface area contributed by atoms with Gasteiger partial charge in [-0.3, -0.25) is 37.3 Å². The van der Waals surface area contributed by atoms with Gasteiger partial charge in [-0.2, -0.15) is 0 Å². The zero-order valence-corrected chi connectivity index (χ0v) is 73.7.